The first-order chi connectivity index (χ1) is 13.2. The molecule has 0 saturated carbocycles. The number of carbonyl (C=O) groups excluding carboxylic acids is 1. The number of ether oxygens (including phenoxy) is 1. The zero-order valence-electron chi connectivity index (χ0n) is 14.5. The van der Waals surface area contributed by atoms with Crippen LogP contribution >= 0.6 is 0 Å². The molecule has 0 fully saturated rings. The minimum Gasteiger partial charge on any atom is -0.479 e. The first-order valence-corrected chi connectivity index (χ1v) is 8.50. The summed E-state index contributed by atoms with van der Waals surface area (Å²) in [5, 5.41) is 10.2. The van der Waals surface area contributed by atoms with Crippen LogP contribution in [-0.2, 0) is 9.53 Å². The van der Waals surface area contributed by atoms with E-state index < -0.39 is 5.97 Å². The van der Waals surface area contributed by atoms with Crippen LogP contribution in [0.15, 0.2) is 64.0 Å². The van der Waals surface area contributed by atoms with E-state index in [9.17, 15) is 9.90 Å². The number of benzene rings is 2. The lowest BCUT2D eigenvalue weighted by Crippen LogP contribution is -2.16. The lowest BCUT2D eigenvalue weighted by Gasteiger charge is -2.04. The molecule has 0 unspecified atom stereocenters. The molecule has 0 aliphatic carbocycles. The van der Waals surface area contributed by atoms with Gasteiger partial charge in [-0.25, -0.2) is 14.8 Å². The fraction of sp³-hybridized carbons (Fsp3) is 0.0952. The molecule has 0 bridgehead atoms. The number of hydrogen-bond donors (Lipinski definition) is 1. The summed E-state index contributed by atoms with van der Waals surface area (Å²) < 4.78 is 10.5. The molecule has 0 atom stereocenters. The summed E-state index contributed by atoms with van der Waals surface area (Å²) in [7, 11) is 0. The number of hydrogen-bond acceptors (Lipinski definition) is 6. The Labute approximate surface area is 155 Å². The predicted octanol–water partition coefficient (Wildman–Crippen LogP) is 4.24. The molecule has 1 N–H and O–H groups in total. The molecule has 6 nitrogen and oxygen atoms in total. The Balaban J connectivity index is 1.79. The van der Waals surface area contributed by atoms with Gasteiger partial charge in [-0.05, 0) is 31.2 Å². The molecule has 0 amide bonds. The quantitative estimate of drug-likeness (QED) is 0.704. The highest BCUT2D eigenvalue weighted by atomic mass is 16.5. The van der Waals surface area contributed by atoms with Gasteiger partial charge in [0, 0.05) is 16.7 Å². The van der Waals surface area contributed by atoms with Crippen molar-refractivity contribution in [2.75, 3.05) is 6.61 Å². The fourth-order valence-electron chi connectivity index (χ4n) is 2.87. The lowest BCUT2D eigenvalue weighted by molar-refractivity contribution is -0.134. The van der Waals surface area contributed by atoms with Gasteiger partial charge in [-0.1, -0.05) is 36.4 Å². The molecule has 134 valence electrons. The van der Waals surface area contributed by atoms with Crippen LogP contribution in [0, 0.1) is 0 Å². The van der Waals surface area contributed by atoms with Crippen LogP contribution < -0.4 is 0 Å². The lowest BCUT2D eigenvalue weighted by atomic mass is 10.0. The first-order valence-electron chi connectivity index (χ1n) is 8.50. The number of aromatic nitrogens is 1. The average molecular weight is 360 g/mol. The van der Waals surface area contributed by atoms with Crippen molar-refractivity contribution in [2.45, 2.75) is 6.92 Å². The van der Waals surface area contributed by atoms with Crippen molar-refractivity contribution < 1.29 is 19.1 Å². The molecule has 0 saturated heterocycles. The van der Waals surface area contributed by atoms with Crippen LogP contribution in [-0.4, -0.2) is 28.4 Å². The third-order valence-electron chi connectivity index (χ3n) is 4.09. The van der Waals surface area contributed by atoms with Crippen LogP contribution in [0.1, 0.15) is 18.2 Å². The van der Waals surface area contributed by atoms with Gasteiger partial charge in [-0.15, -0.1) is 0 Å². The topological polar surface area (TPSA) is 84.9 Å². The normalized spacial score (nSPS) is 14.1. The molecule has 1 aliphatic heterocycles. The summed E-state index contributed by atoms with van der Waals surface area (Å²) in [4.78, 5) is 21.1. The van der Waals surface area contributed by atoms with Gasteiger partial charge in [0.1, 0.15) is 5.69 Å². The van der Waals surface area contributed by atoms with Gasteiger partial charge in [0.15, 0.2) is 5.71 Å². The predicted molar refractivity (Wildman–Crippen MR) is 102 cm³/mol. The van der Waals surface area contributed by atoms with Crippen LogP contribution in [0.2, 0.25) is 0 Å². The summed E-state index contributed by atoms with van der Waals surface area (Å²) in [6.45, 7) is 1.98. The summed E-state index contributed by atoms with van der Waals surface area (Å²) in [5.41, 5.74) is 3.11. The van der Waals surface area contributed by atoms with Crippen molar-refractivity contribution in [3.05, 3.63) is 65.9 Å². The Morgan fingerprint density at radius 1 is 1.15 bits per heavy atom. The Morgan fingerprint density at radius 2 is 1.89 bits per heavy atom. The Hall–Kier alpha value is -3.67. The zero-order valence-corrected chi connectivity index (χ0v) is 14.5. The molecular formula is C21H16N2O4. The number of carbonyl (C=O) groups is 1. The van der Waals surface area contributed by atoms with E-state index in [1.165, 1.54) is 0 Å². The maximum absolute atomic E-state index is 12.3. The average Bonchev–Trinajstić information content (AvgIpc) is 3.24. The van der Waals surface area contributed by atoms with Crippen molar-refractivity contribution in [1.29, 1.82) is 0 Å². The summed E-state index contributed by atoms with van der Waals surface area (Å²) in [6.07, 6.45) is 1.59. The van der Waals surface area contributed by atoms with E-state index in [1.807, 2.05) is 54.6 Å². The van der Waals surface area contributed by atoms with Gasteiger partial charge in [-0.3, -0.25) is 0 Å². The Morgan fingerprint density at radius 3 is 2.67 bits per heavy atom. The highest BCUT2D eigenvalue weighted by molar-refractivity contribution is 6.58. The number of fused-ring (bicyclic) bond motifs is 1. The molecule has 27 heavy (non-hydrogen) atoms. The standard InChI is InChI=1S/C21H16N2O4/c1-2-26-21(25)18-15(14-10-6-7-11-16(14)22-18)12-17-20(24)27-19(23-17)13-8-4-3-5-9-13/h3-12,24H,2H2,1H3/b15-12-. The number of aromatic hydroxyl groups is 1. The Kier molecular flexibility index (Phi) is 4.30. The number of rotatable bonds is 4. The van der Waals surface area contributed by atoms with Crippen LogP contribution in [0.3, 0.4) is 0 Å². The minimum atomic E-state index is -0.522. The second-order valence-electron chi connectivity index (χ2n) is 5.83. The second kappa shape index (κ2) is 6.92. The SMILES string of the molecule is CCOC(=O)C1=Nc2ccccc2/C1=C/c1nc(-c2ccccc2)oc1O. The molecule has 6 heteroatoms. The molecule has 2 aromatic carbocycles. The minimum absolute atomic E-state index is 0.182. The molecular weight excluding hydrogens is 344 g/mol. The van der Waals surface area contributed by atoms with E-state index in [4.69, 9.17) is 9.15 Å². The summed E-state index contributed by atoms with van der Waals surface area (Å²) in [5.74, 6) is -0.555. The van der Waals surface area contributed by atoms with E-state index in [0.717, 1.165) is 11.1 Å². The van der Waals surface area contributed by atoms with E-state index in [1.54, 1.807) is 13.0 Å². The third kappa shape index (κ3) is 3.13. The molecule has 0 radical (unpaired) electrons. The van der Waals surface area contributed by atoms with Crippen LogP contribution in [0.5, 0.6) is 5.95 Å². The van der Waals surface area contributed by atoms with Gasteiger partial charge in [0.25, 0.3) is 0 Å². The third-order valence-corrected chi connectivity index (χ3v) is 4.09. The van der Waals surface area contributed by atoms with Gasteiger partial charge in [0.2, 0.25) is 5.89 Å². The molecule has 4 rings (SSSR count). The maximum Gasteiger partial charge on any atom is 0.357 e. The molecule has 3 aromatic rings. The van der Waals surface area contributed by atoms with Crippen molar-refractivity contribution in [3.8, 4) is 17.4 Å². The number of para-hydroxylation sites is 1. The van der Waals surface area contributed by atoms with Crippen molar-refractivity contribution in [3.63, 3.8) is 0 Å². The molecule has 1 aliphatic rings. The van der Waals surface area contributed by atoms with Gasteiger partial charge >= 0.3 is 11.9 Å². The first kappa shape index (κ1) is 16.8. The largest absolute Gasteiger partial charge is 0.479 e. The zero-order chi connectivity index (χ0) is 18.8. The van der Waals surface area contributed by atoms with Crippen LogP contribution in [0.25, 0.3) is 23.1 Å². The van der Waals surface area contributed by atoms with E-state index in [2.05, 4.69) is 9.98 Å². The number of oxazole rings is 1. The number of aliphatic imine (C=N–C) groups is 1. The Bertz CT molecular complexity index is 1060. The van der Waals surface area contributed by atoms with E-state index in [0.29, 0.717) is 17.2 Å². The highest BCUT2D eigenvalue weighted by Crippen LogP contribution is 2.37. The van der Waals surface area contributed by atoms with Crippen LogP contribution in [0.4, 0.5) is 5.69 Å². The number of nitrogens with zero attached hydrogens (tertiary/aromatic N) is 2. The maximum atomic E-state index is 12.3. The molecule has 2 heterocycles. The van der Waals surface area contributed by atoms with Gasteiger partial charge in [-0.2, -0.15) is 0 Å². The number of esters is 1. The van der Waals surface area contributed by atoms with Gasteiger partial charge < -0.3 is 14.3 Å². The van der Waals surface area contributed by atoms with Crippen molar-refractivity contribution in [2.24, 2.45) is 4.99 Å². The van der Waals surface area contributed by atoms with Crippen molar-refractivity contribution >= 4 is 29.0 Å². The fourth-order valence-corrected chi connectivity index (χ4v) is 2.87. The highest BCUT2D eigenvalue weighted by Gasteiger charge is 2.28. The smallest absolute Gasteiger partial charge is 0.357 e. The monoisotopic (exact) mass is 360 g/mol. The summed E-state index contributed by atoms with van der Waals surface area (Å²) in [6, 6.07) is 16.6. The van der Waals surface area contributed by atoms with Crippen molar-refractivity contribution in [1.82, 2.24) is 4.98 Å². The second-order valence-corrected chi connectivity index (χ2v) is 5.83. The summed E-state index contributed by atoms with van der Waals surface area (Å²) >= 11 is 0. The molecule has 1 aromatic heterocycles. The van der Waals surface area contributed by atoms with E-state index >= 15 is 0 Å². The van der Waals surface area contributed by atoms with Gasteiger partial charge in [0.05, 0.1) is 12.3 Å². The van der Waals surface area contributed by atoms with E-state index in [-0.39, 0.29) is 24.0 Å². The molecule has 0 spiro atoms.